The molecule has 0 amide bonds. The number of halogens is 3. The van der Waals surface area contributed by atoms with E-state index in [4.69, 9.17) is 11.6 Å². The van der Waals surface area contributed by atoms with E-state index in [2.05, 4.69) is 37.2 Å². The summed E-state index contributed by atoms with van der Waals surface area (Å²) in [6.45, 7) is 3.81. The van der Waals surface area contributed by atoms with Gasteiger partial charge in [-0.25, -0.2) is 4.98 Å². The second-order valence-electron chi connectivity index (χ2n) is 4.77. The van der Waals surface area contributed by atoms with Crippen molar-refractivity contribution in [2.75, 3.05) is 19.6 Å². The molecule has 1 N–H and O–H groups in total. The number of thiazole rings is 1. The van der Waals surface area contributed by atoms with Gasteiger partial charge in [-0.1, -0.05) is 29.8 Å². The topological polar surface area (TPSA) is 28.2 Å². The van der Waals surface area contributed by atoms with Crippen LogP contribution in [0.15, 0.2) is 34.2 Å². The molecular weight excluding hydrogens is 393 g/mol. The minimum absolute atomic E-state index is 0. The molecule has 7 heteroatoms. The van der Waals surface area contributed by atoms with Gasteiger partial charge in [0.2, 0.25) is 0 Å². The molecule has 114 valence electrons. The largest absolute Gasteiger partial charge is 0.314 e. The van der Waals surface area contributed by atoms with Crippen molar-refractivity contribution < 1.29 is 0 Å². The van der Waals surface area contributed by atoms with Crippen LogP contribution < -0.4 is 5.32 Å². The molecule has 2 heterocycles. The number of nitrogens with zero attached hydrogens (tertiary/aromatic N) is 2. The Kier molecular flexibility index (Phi) is 6.47. The first kappa shape index (κ1) is 17.2. The molecule has 0 saturated carbocycles. The van der Waals surface area contributed by atoms with Crippen LogP contribution in [-0.4, -0.2) is 29.5 Å². The van der Waals surface area contributed by atoms with E-state index >= 15 is 0 Å². The summed E-state index contributed by atoms with van der Waals surface area (Å²) >= 11 is 11.5. The predicted molar refractivity (Wildman–Crippen MR) is 94.5 cm³/mol. The summed E-state index contributed by atoms with van der Waals surface area (Å²) in [6, 6.07) is 8.41. The van der Waals surface area contributed by atoms with Crippen LogP contribution in [0.3, 0.4) is 0 Å². The molecular formula is C14H16BrCl2N3S. The Hall–Kier alpha value is -0.170. The first-order valence-electron chi connectivity index (χ1n) is 6.53. The second kappa shape index (κ2) is 7.90. The fourth-order valence-electron chi connectivity index (χ4n) is 2.52. The van der Waals surface area contributed by atoms with E-state index in [-0.39, 0.29) is 12.4 Å². The molecule has 1 unspecified atom stereocenters. The van der Waals surface area contributed by atoms with E-state index in [0.717, 1.165) is 40.0 Å². The van der Waals surface area contributed by atoms with Crippen LogP contribution in [0.2, 0.25) is 5.02 Å². The monoisotopic (exact) mass is 407 g/mol. The third kappa shape index (κ3) is 4.18. The lowest BCUT2D eigenvalue weighted by Crippen LogP contribution is -2.45. The highest BCUT2D eigenvalue weighted by Crippen LogP contribution is 2.30. The molecule has 1 aliphatic heterocycles. The molecule has 0 bridgehead atoms. The molecule has 21 heavy (non-hydrogen) atoms. The molecule has 2 aromatic rings. The first-order valence-corrected chi connectivity index (χ1v) is 8.52. The molecule has 0 spiro atoms. The predicted octanol–water partition coefficient (Wildman–Crippen LogP) is 4.13. The molecule has 1 aromatic carbocycles. The first-order chi connectivity index (χ1) is 9.74. The van der Waals surface area contributed by atoms with E-state index in [9.17, 15) is 0 Å². The Morgan fingerprint density at radius 1 is 1.43 bits per heavy atom. The molecule has 3 nitrogen and oxygen atoms in total. The van der Waals surface area contributed by atoms with Gasteiger partial charge in [-0.15, -0.1) is 23.7 Å². The number of hydrogen-bond donors (Lipinski definition) is 1. The summed E-state index contributed by atoms with van der Waals surface area (Å²) < 4.78 is 1.08. The van der Waals surface area contributed by atoms with Crippen LogP contribution in [0, 0.1) is 0 Å². The molecule has 0 radical (unpaired) electrons. The van der Waals surface area contributed by atoms with E-state index in [1.807, 2.05) is 24.4 Å². The molecule has 1 fully saturated rings. The van der Waals surface area contributed by atoms with Crippen molar-refractivity contribution in [1.29, 1.82) is 0 Å². The lowest BCUT2D eigenvalue weighted by molar-refractivity contribution is 0.153. The highest BCUT2D eigenvalue weighted by Gasteiger charge is 2.26. The molecule has 0 aliphatic carbocycles. The van der Waals surface area contributed by atoms with Crippen LogP contribution >= 0.6 is 51.3 Å². The van der Waals surface area contributed by atoms with Crippen LogP contribution in [0.5, 0.6) is 0 Å². The van der Waals surface area contributed by atoms with Gasteiger partial charge in [-0.05, 0) is 27.6 Å². The highest BCUT2D eigenvalue weighted by molar-refractivity contribution is 9.11. The maximum Gasteiger partial charge on any atom is 0.108 e. The Labute approximate surface area is 148 Å². The van der Waals surface area contributed by atoms with E-state index in [1.54, 1.807) is 11.3 Å². The van der Waals surface area contributed by atoms with Gasteiger partial charge in [0.05, 0.1) is 16.5 Å². The standard InChI is InChI=1S/C14H15BrClN3S.ClH/c15-13-8-18-14(20-13)9-19-6-5-17-7-12(19)10-3-1-2-4-11(10)16;/h1-4,8,12,17H,5-7,9H2;1H. The summed E-state index contributed by atoms with van der Waals surface area (Å²) in [5, 5.41) is 5.43. The number of aromatic nitrogens is 1. The fourth-order valence-corrected chi connectivity index (χ4v) is 4.11. The minimum atomic E-state index is 0. The van der Waals surface area contributed by atoms with E-state index in [1.165, 1.54) is 5.56 Å². The van der Waals surface area contributed by atoms with Gasteiger partial charge >= 0.3 is 0 Å². The molecule has 1 saturated heterocycles. The van der Waals surface area contributed by atoms with Crippen LogP contribution in [0.1, 0.15) is 16.6 Å². The van der Waals surface area contributed by atoms with Crippen LogP contribution in [0.25, 0.3) is 0 Å². The third-order valence-corrected chi connectivity index (χ3v) is 5.29. The van der Waals surface area contributed by atoms with Gasteiger partial charge in [0.15, 0.2) is 0 Å². The van der Waals surface area contributed by atoms with Gasteiger partial charge in [-0.2, -0.15) is 0 Å². The van der Waals surface area contributed by atoms with Gasteiger partial charge in [0.1, 0.15) is 5.01 Å². The lowest BCUT2D eigenvalue weighted by atomic mass is 10.0. The van der Waals surface area contributed by atoms with Gasteiger partial charge < -0.3 is 5.32 Å². The van der Waals surface area contributed by atoms with Crippen molar-refractivity contribution in [3.8, 4) is 0 Å². The number of benzene rings is 1. The van der Waals surface area contributed by atoms with Gasteiger partial charge in [0, 0.05) is 30.7 Å². The zero-order chi connectivity index (χ0) is 13.9. The Morgan fingerprint density at radius 3 is 2.95 bits per heavy atom. The van der Waals surface area contributed by atoms with Crippen molar-refractivity contribution in [3.05, 3.63) is 49.8 Å². The maximum absolute atomic E-state index is 6.36. The highest BCUT2D eigenvalue weighted by atomic mass is 79.9. The molecule has 1 aliphatic rings. The fraction of sp³-hybridized carbons (Fsp3) is 0.357. The Bertz CT molecular complexity index is 593. The quantitative estimate of drug-likeness (QED) is 0.827. The summed E-state index contributed by atoms with van der Waals surface area (Å²) in [6.07, 6.45) is 1.87. The SMILES string of the molecule is Cl.Clc1ccccc1C1CNCCN1Cc1ncc(Br)s1. The molecule has 3 rings (SSSR count). The van der Waals surface area contributed by atoms with E-state index < -0.39 is 0 Å². The van der Waals surface area contributed by atoms with Gasteiger partial charge in [0.25, 0.3) is 0 Å². The summed E-state index contributed by atoms with van der Waals surface area (Å²) in [5.74, 6) is 0. The Morgan fingerprint density at radius 2 is 2.24 bits per heavy atom. The van der Waals surface area contributed by atoms with Crippen LogP contribution in [-0.2, 0) is 6.54 Å². The second-order valence-corrected chi connectivity index (χ2v) is 7.67. The normalized spacial score (nSPS) is 19.2. The number of nitrogens with one attached hydrogen (secondary N) is 1. The van der Waals surface area contributed by atoms with Crippen molar-refractivity contribution in [1.82, 2.24) is 15.2 Å². The van der Waals surface area contributed by atoms with Crippen molar-refractivity contribution in [3.63, 3.8) is 0 Å². The van der Waals surface area contributed by atoms with Crippen molar-refractivity contribution in [2.45, 2.75) is 12.6 Å². The Balaban J connectivity index is 0.00000161. The average Bonchev–Trinajstić information content (AvgIpc) is 2.86. The van der Waals surface area contributed by atoms with Crippen molar-refractivity contribution in [2.24, 2.45) is 0 Å². The zero-order valence-corrected chi connectivity index (χ0v) is 15.2. The lowest BCUT2D eigenvalue weighted by Gasteiger charge is -2.36. The maximum atomic E-state index is 6.36. The smallest absolute Gasteiger partial charge is 0.108 e. The third-order valence-electron chi connectivity index (χ3n) is 3.48. The summed E-state index contributed by atoms with van der Waals surface area (Å²) in [7, 11) is 0. The molecule has 1 atom stereocenters. The van der Waals surface area contributed by atoms with Crippen LogP contribution in [0.4, 0.5) is 0 Å². The number of hydrogen-bond acceptors (Lipinski definition) is 4. The van der Waals surface area contributed by atoms with Crippen molar-refractivity contribution >= 4 is 51.3 Å². The summed E-state index contributed by atoms with van der Waals surface area (Å²) in [4.78, 5) is 6.88. The number of piperazine rings is 1. The van der Waals surface area contributed by atoms with Gasteiger partial charge in [-0.3, -0.25) is 4.90 Å². The zero-order valence-electron chi connectivity index (χ0n) is 11.3. The number of rotatable bonds is 3. The minimum Gasteiger partial charge on any atom is -0.314 e. The molecule has 1 aromatic heterocycles. The average molecular weight is 409 g/mol. The van der Waals surface area contributed by atoms with E-state index in [0.29, 0.717) is 6.04 Å². The summed E-state index contributed by atoms with van der Waals surface area (Å²) in [5.41, 5.74) is 1.19.